The summed E-state index contributed by atoms with van der Waals surface area (Å²) in [7, 11) is 1.56. The van der Waals surface area contributed by atoms with Gasteiger partial charge < -0.3 is 15.0 Å². The number of hydrogen-bond acceptors (Lipinski definition) is 6. The SMILES string of the molecule is COCc1nc([C@@H](N)c2ccccn2)no1. The van der Waals surface area contributed by atoms with E-state index in [0.717, 1.165) is 0 Å². The second kappa shape index (κ2) is 4.82. The molecule has 0 aliphatic rings. The Morgan fingerprint density at radius 3 is 3.06 bits per heavy atom. The lowest BCUT2D eigenvalue weighted by Gasteiger charge is -2.04. The minimum Gasteiger partial charge on any atom is -0.375 e. The van der Waals surface area contributed by atoms with Gasteiger partial charge in [0.1, 0.15) is 12.6 Å². The molecule has 2 rings (SSSR count). The lowest BCUT2D eigenvalue weighted by atomic mass is 10.2. The fraction of sp³-hybridized carbons (Fsp3) is 0.300. The lowest BCUT2D eigenvalue weighted by Crippen LogP contribution is -2.15. The van der Waals surface area contributed by atoms with Crippen molar-refractivity contribution in [3.63, 3.8) is 0 Å². The molecule has 0 aliphatic carbocycles. The first kappa shape index (κ1) is 10.7. The Kier molecular flexibility index (Phi) is 3.23. The zero-order chi connectivity index (χ0) is 11.4. The van der Waals surface area contributed by atoms with Gasteiger partial charge in [0.25, 0.3) is 5.89 Å². The number of hydrogen-bond donors (Lipinski definition) is 1. The first-order valence-corrected chi connectivity index (χ1v) is 4.79. The van der Waals surface area contributed by atoms with Gasteiger partial charge >= 0.3 is 0 Å². The van der Waals surface area contributed by atoms with Crippen molar-refractivity contribution in [3.05, 3.63) is 41.8 Å². The summed E-state index contributed by atoms with van der Waals surface area (Å²) in [6.45, 7) is 0.280. The van der Waals surface area contributed by atoms with Crippen LogP contribution < -0.4 is 5.73 Å². The molecule has 16 heavy (non-hydrogen) atoms. The van der Waals surface area contributed by atoms with Crippen LogP contribution in [0.5, 0.6) is 0 Å². The van der Waals surface area contributed by atoms with Crippen LogP contribution in [0.3, 0.4) is 0 Å². The van der Waals surface area contributed by atoms with E-state index in [1.807, 2.05) is 18.2 Å². The van der Waals surface area contributed by atoms with E-state index in [9.17, 15) is 0 Å². The second-order valence-electron chi connectivity index (χ2n) is 3.21. The third-order valence-corrected chi connectivity index (χ3v) is 2.04. The smallest absolute Gasteiger partial charge is 0.252 e. The van der Waals surface area contributed by atoms with Gasteiger partial charge in [-0.3, -0.25) is 4.98 Å². The maximum atomic E-state index is 5.94. The highest BCUT2D eigenvalue weighted by atomic mass is 16.5. The van der Waals surface area contributed by atoms with Gasteiger partial charge in [0.05, 0.1) is 5.69 Å². The zero-order valence-corrected chi connectivity index (χ0v) is 8.83. The Bertz CT molecular complexity index is 443. The van der Waals surface area contributed by atoms with Crippen molar-refractivity contribution < 1.29 is 9.26 Å². The second-order valence-corrected chi connectivity index (χ2v) is 3.21. The van der Waals surface area contributed by atoms with Crippen molar-refractivity contribution in [2.45, 2.75) is 12.6 Å². The van der Waals surface area contributed by atoms with Crippen molar-refractivity contribution in [2.75, 3.05) is 7.11 Å². The molecule has 84 valence electrons. The number of ether oxygens (including phenoxy) is 1. The predicted octanol–water partition coefficient (Wildman–Crippen LogP) is 0.659. The number of nitrogens with two attached hydrogens (primary N) is 1. The highest BCUT2D eigenvalue weighted by molar-refractivity contribution is 5.15. The molecule has 0 aliphatic heterocycles. The molecule has 2 aromatic rings. The third kappa shape index (κ3) is 2.23. The van der Waals surface area contributed by atoms with Crippen molar-refractivity contribution in [1.82, 2.24) is 15.1 Å². The van der Waals surface area contributed by atoms with Crippen LogP contribution in [-0.2, 0) is 11.3 Å². The van der Waals surface area contributed by atoms with E-state index in [-0.39, 0.29) is 6.61 Å². The van der Waals surface area contributed by atoms with Crippen LogP contribution in [0.2, 0.25) is 0 Å². The van der Waals surface area contributed by atoms with Crippen LogP contribution in [-0.4, -0.2) is 22.2 Å². The lowest BCUT2D eigenvalue weighted by molar-refractivity contribution is 0.151. The quantitative estimate of drug-likeness (QED) is 0.814. The molecular formula is C10H12N4O2. The molecule has 0 amide bonds. The summed E-state index contributed by atoms with van der Waals surface area (Å²) in [5.74, 6) is 0.814. The van der Waals surface area contributed by atoms with E-state index in [4.69, 9.17) is 15.0 Å². The fourth-order valence-electron chi connectivity index (χ4n) is 1.27. The topological polar surface area (TPSA) is 87.1 Å². The summed E-state index contributed by atoms with van der Waals surface area (Å²) in [5.41, 5.74) is 6.64. The van der Waals surface area contributed by atoms with Crippen molar-refractivity contribution in [2.24, 2.45) is 5.73 Å². The molecule has 0 fully saturated rings. The van der Waals surface area contributed by atoms with Crippen LogP contribution >= 0.6 is 0 Å². The number of nitrogens with zero attached hydrogens (tertiary/aromatic N) is 3. The molecule has 0 spiro atoms. The molecule has 6 nitrogen and oxygen atoms in total. The monoisotopic (exact) mass is 220 g/mol. The molecule has 0 aromatic carbocycles. The molecule has 2 N–H and O–H groups in total. The summed E-state index contributed by atoms with van der Waals surface area (Å²) in [6, 6.07) is 5.02. The van der Waals surface area contributed by atoms with Gasteiger partial charge in [-0.25, -0.2) is 0 Å². The van der Waals surface area contributed by atoms with Crippen LogP contribution in [0, 0.1) is 0 Å². The van der Waals surface area contributed by atoms with Gasteiger partial charge in [0.15, 0.2) is 5.82 Å². The summed E-state index contributed by atoms with van der Waals surface area (Å²) in [4.78, 5) is 8.24. The zero-order valence-electron chi connectivity index (χ0n) is 8.83. The third-order valence-electron chi connectivity index (χ3n) is 2.04. The Morgan fingerprint density at radius 1 is 1.50 bits per heavy atom. The normalized spacial score (nSPS) is 12.6. The minimum atomic E-state index is -0.476. The summed E-state index contributed by atoms with van der Waals surface area (Å²) < 4.78 is 9.83. The van der Waals surface area contributed by atoms with Gasteiger partial charge in [-0.05, 0) is 12.1 Å². The van der Waals surface area contributed by atoms with Gasteiger partial charge in [-0.2, -0.15) is 4.98 Å². The maximum absolute atomic E-state index is 5.94. The first-order valence-electron chi connectivity index (χ1n) is 4.79. The minimum absolute atomic E-state index is 0.280. The highest BCUT2D eigenvalue weighted by Crippen LogP contribution is 2.14. The van der Waals surface area contributed by atoms with E-state index >= 15 is 0 Å². The summed E-state index contributed by atoms with van der Waals surface area (Å²) in [5, 5.41) is 3.78. The molecule has 0 unspecified atom stereocenters. The Labute approximate surface area is 92.4 Å². The number of methoxy groups -OCH3 is 1. The van der Waals surface area contributed by atoms with E-state index in [1.54, 1.807) is 13.3 Å². The highest BCUT2D eigenvalue weighted by Gasteiger charge is 2.16. The Hall–Kier alpha value is -1.79. The summed E-state index contributed by atoms with van der Waals surface area (Å²) in [6.07, 6.45) is 1.67. The Morgan fingerprint density at radius 2 is 2.38 bits per heavy atom. The van der Waals surface area contributed by atoms with Gasteiger partial charge in [-0.1, -0.05) is 11.2 Å². The van der Waals surface area contributed by atoms with Crippen LogP contribution in [0.15, 0.2) is 28.9 Å². The van der Waals surface area contributed by atoms with E-state index in [0.29, 0.717) is 17.4 Å². The fourth-order valence-corrected chi connectivity index (χ4v) is 1.27. The van der Waals surface area contributed by atoms with Gasteiger partial charge in [0, 0.05) is 13.3 Å². The number of rotatable bonds is 4. The van der Waals surface area contributed by atoms with Crippen molar-refractivity contribution >= 4 is 0 Å². The largest absolute Gasteiger partial charge is 0.375 e. The van der Waals surface area contributed by atoms with Crippen molar-refractivity contribution in [1.29, 1.82) is 0 Å². The van der Waals surface area contributed by atoms with Crippen LogP contribution in [0.4, 0.5) is 0 Å². The predicted molar refractivity (Wildman–Crippen MR) is 55.3 cm³/mol. The molecule has 2 aromatic heterocycles. The average molecular weight is 220 g/mol. The van der Waals surface area contributed by atoms with Gasteiger partial charge in [-0.15, -0.1) is 0 Å². The standard InChI is InChI=1S/C10H12N4O2/c1-15-6-8-13-10(14-16-8)9(11)7-4-2-3-5-12-7/h2-5,9H,6,11H2,1H3/t9-/m0/s1. The van der Waals surface area contributed by atoms with Crippen LogP contribution in [0.25, 0.3) is 0 Å². The van der Waals surface area contributed by atoms with E-state index < -0.39 is 6.04 Å². The number of pyridine rings is 1. The molecule has 1 atom stereocenters. The average Bonchev–Trinajstić information content (AvgIpc) is 2.78. The molecule has 6 heteroatoms. The molecule has 0 saturated heterocycles. The number of aromatic nitrogens is 3. The van der Waals surface area contributed by atoms with Gasteiger partial charge in [0.2, 0.25) is 0 Å². The maximum Gasteiger partial charge on any atom is 0.252 e. The van der Waals surface area contributed by atoms with Crippen molar-refractivity contribution in [3.8, 4) is 0 Å². The molecule has 2 heterocycles. The molecule has 0 radical (unpaired) electrons. The molecule has 0 saturated carbocycles. The van der Waals surface area contributed by atoms with Crippen LogP contribution in [0.1, 0.15) is 23.5 Å². The summed E-state index contributed by atoms with van der Waals surface area (Å²) >= 11 is 0. The van der Waals surface area contributed by atoms with E-state index in [2.05, 4.69) is 15.1 Å². The molecular weight excluding hydrogens is 208 g/mol. The van der Waals surface area contributed by atoms with E-state index in [1.165, 1.54) is 0 Å². The Balaban J connectivity index is 2.17. The molecule has 0 bridgehead atoms. The first-order chi connectivity index (χ1) is 7.81.